The smallest absolute Gasteiger partial charge is 0.323 e. The van der Waals surface area contributed by atoms with Gasteiger partial charge in [0.05, 0.1) is 0 Å². The van der Waals surface area contributed by atoms with Gasteiger partial charge in [-0.3, -0.25) is 14.4 Å². The molecule has 0 heterocycles. The number of hydrogen-bond acceptors (Lipinski definition) is 3. The van der Waals surface area contributed by atoms with Gasteiger partial charge in [-0.1, -0.05) is 22.0 Å². The zero-order chi connectivity index (χ0) is 15.8. The SMILES string of the molecule is O=P(O)(O)C(NC1CCCc2cc(Br)ccc21)P(=O)(O)O. The summed E-state index contributed by atoms with van der Waals surface area (Å²) in [5, 5.41) is 2.47. The molecule has 21 heavy (non-hydrogen) atoms. The van der Waals surface area contributed by atoms with E-state index < -0.39 is 26.8 Å². The molecule has 10 heteroatoms. The Bertz CT molecular complexity index is 605. The number of hydrogen-bond donors (Lipinski definition) is 5. The van der Waals surface area contributed by atoms with Crippen molar-refractivity contribution in [1.82, 2.24) is 5.32 Å². The summed E-state index contributed by atoms with van der Waals surface area (Å²) in [6.45, 7) is 0. The first kappa shape index (κ1) is 17.3. The first-order valence-corrected chi connectivity index (χ1v) is 10.4. The van der Waals surface area contributed by atoms with Crippen molar-refractivity contribution in [3.05, 3.63) is 33.8 Å². The van der Waals surface area contributed by atoms with Crippen molar-refractivity contribution >= 4 is 31.1 Å². The number of benzene rings is 1. The fraction of sp³-hybridized carbons (Fsp3) is 0.455. The van der Waals surface area contributed by atoms with E-state index in [0.29, 0.717) is 6.42 Å². The Morgan fingerprint density at radius 2 is 1.81 bits per heavy atom. The van der Waals surface area contributed by atoms with Crippen LogP contribution in [0.4, 0.5) is 0 Å². The zero-order valence-electron chi connectivity index (χ0n) is 10.9. The van der Waals surface area contributed by atoms with Crippen molar-refractivity contribution in [1.29, 1.82) is 0 Å². The minimum absolute atomic E-state index is 0.493. The second kappa shape index (κ2) is 6.22. The third-order valence-corrected chi connectivity index (χ3v) is 7.28. The molecule has 0 aliphatic heterocycles. The van der Waals surface area contributed by atoms with E-state index in [0.717, 1.165) is 28.4 Å². The Morgan fingerprint density at radius 3 is 2.38 bits per heavy atom. The second-order valence-corrected chi connectivity index (χ2v) is 9.72. The zero-order valence-corrected chi connectivity index (χ0v) is 14.3. The fourth-order valence-corrected chi connectivity index (χ4v) is 5.25. The average Bonchev–Trinajstić information content (AvgIpc) is 2.32. The molecule has 2 rings (SSSR count). The predicted molar refractivity (Wildman–Crippen MR) is 80.8 cm³/mol. The van der Waals surface area contributed by atoms with Crippen LogP contribution in [0.2, 0.25) is 0 Å². The number of halogens is 1. The van der Waals surface area contributed by atoms with Gasteiger partial charge in [-0.15, -0.1) is 0 Å². The maximum absolute atomic E-state index is 11.4. The highest BCUT2D eigenvalue weighted by Gasteiger charge is 2.45. The van der Waals surface area contributed by atoms with Crippen LogP contribution >= 0.6 is 31.1 Å². The Morgan fingerprint density at radius 1 is 1.19 bits per heavy atom. The minimum atomic E-state index is -4.97. The summed E-state index contributed by atoms with van der Waals surface area (Å²) >= 11 is 3.36. The lowest BCUT2D eigenvalue weighted by molar-refractivity contribution is 0.315. The van der Waals surface area contributed by atoms with Crippen LogP contribution in [-0.4, -0.2) is 25.1 Å². The Balaban J connectivity index is 2.32. The van der Waals surface area contributed by atoms with Crippen molar-refractivity contribution in [3.63, 3.8) is 0 Å². The summed E-state index contributed by atoms with van der Waals surface area (Å²) in [4.78, 5) is 36.7. The Hall–Kier alpha value is -0.0400. The molecule has 1 aliphatic carbocycles. The molecular weight excluding hydrogens is 384 g/mol. The molecule has 0 saturated carbocycles. The molecule has 118 valence electrons. The molecule has 1 aliphatic rings. The van der Waals surface area contributed by atoms with E-state index >= 15 is 0 Å². The Kier molecular flexibility index (Phi) is 5.13. The van der Waals surface area contributed by atoms with Crippen LogP contribution in [-0.2, 0) is 15.6 Å². The number of nitrogens with one attached hydrogen (secondary N) is 1. The summed E-state index contributed by atoms with van der Waals surface area (Å²) in [5.41, 5.74) is -0.357. The van der Waals surface area contributed by atoms with Crippen molar-refractivity contribution in [2.75, 3.05) is 0 Å². The standard InChI is InChI=1S/C11H16BrNO6P2/c12-8-4-5-9-7(6-8)2-1-3-10(9)13-11(20(14,15)16)21(17,18)19/h4-6,10-11,13H,1-3H2,(H2,14,15,16)(H2,17,18,19). The van der Waals surface area contributed by atoms with Crippen LogP contribution in [0.25, 0.3) is 0 Å². The Labute approximate surface area is 130 Å². The maximum Gasteiger partial charge on any atom is 0.354 e. The summed E-state index contributed by atoms with van der Waals surface area (Å²) in [6, 6.07) is 5.01. The van der Waals surface area contributed by atoms with Gasteiger partial charge < -0.3 is 19.6 Å². The maximum atomic E-state index is 11.4. The van der Waals surface area contributed by atoms with Gasteiger partial charge in [0, 0.05) is 10.5 Å². The molecule has 1 aromatic carbocycles. The van der Waals surface area contributed by atoms with Crippen molar-refractivity contribution in [3.8, 4) is 0 Å². The highest BCUT2D eigenvalue weighted by molar-refractivity contribution is 9.10. The van der Waals surface area contributed by atoms with Gasteiger partial charge in [0.15, 0.2) is 0 Å². The summed E-state index contributed by atoms with van der Waals surface area (Å²) in [7, 11) is -9.94. The molecule has 1 atom stereocenters. The van der Waals surface area contributed by atoms with E-state index in [4.69, 9.17) is 0 Å². The molecule has 1 aromatic rings. The fourth-order valence-electron chi connectivity index (χ4n) is 2.53. The lowest BCUT2D eigenvalue weighted by Crippen LogP contribution is -2.34. The monoisotopic (exact) mass is 399 g/mol. The molecule has 0 saturated heterocycles. The second-order valence-electron chi connectivity index (χ2n) is 5.01. The number of aryl methyl sites for hydroxylation is 1. The van der Waals surface area contributed by atoms with Crippen LogP contribution in [0, 0.1) is 0 Å². The van der Waals surface area contributed by atoms with Gasteiger partial charge in [-0.2, -0.15) is 0 Å². The van der Waals surface area contributed by atoms with Gasteiger partial charge >= 0.3 is 15.2 Å². The minimum Gasteiger partial charge on any atom is -0.323 e. The molecule has 0 fully saturated rings. The van der Waals surface area contributed by atoms with Crippen LogP contribution in [0.5, 0.6) is 0 Å². The molecule has 0 amide bonds. The lowest BCUT2D eigenvalue weighted by atomic mass is 9.88. The number of fused-ring (bicyclic) bond motifs is 1. The molecule has 1 unspecified atom stereocenters. The van der Waals surface area contributed by atoms with Crippen molar-refractivity contribution < 1.29 is 28.7 Å². The summed E-state index contributed by atoms with van der Waals surface area (Å²) < 4.78 is 23.6. The molecular formula is C11H16BrNO6P2. The number of rotatable bonds is 4. The van der Waals surface area contributed by atoms with Crippen molar-refractivity contribution in [2.45, 2.75) is 30.8 Å². The highest BCUT2D eigenvalue weighted by atomic mass is 79.9. The van der Waals surface area contributed by atoms with E-state index in [-0.39, 0.29) is 0 Å². The van der Waals surface area contributed by atoms with E-state index in [2.05, 4.69) is 21.2 Å². The largest absolute Gasteiger partial charge is 0.354 e. The van der Waals surface area contributed by atoms with Gasteiger partial charge in [-0.25, -0.2) is 0 Å². The quantitative estimate of drug-likeness (QED) is 0.490. The summed E-state index contributed by atoms with van der Waals surface area (Å²) in [5.74, 6) is 0. The average molecular weight is 400 g/mol. The highest BCUT2D eigenvalue weighted by Crippen LogP contribution is 2.59. The third-order valence-electron chi connectivity index (χ3n) is 3.41. The molecule has 0 radical (unpaired) electrons. The van der Waals surface area contributed by atoms with E-state index in [1.54, 1.807) is 12.1 Å². The topological polar surface area (TPSA) is 127 Å². The first-order valence-electron chi connectivity index (χ1n) is 6.24. The summed E-state index contributed by atoms with van der Waals surface area (Å²) in [6.07, 6.45) is 2.16. The first-order chi connectivity index (χ1) is 9.59. The van der Waals surface area contributed by atoms with E-state index in [1.165, 1.54) is 0 Å². The lowest BCUT2D eigenvalue weighted by Gasteiger charge is -2.31. The van der Waals surface area contributed by atoms with E-state index in [1.807, 2.05) is 6.07 Å². The van der Waals surface area contributed by atoms with Gasteiger partial charge in [-0.05, 0) is 42.5 Å². The predicted octanol–water partition coefficient (Wildman–Crippen LogP) is 2.06. The molecule has 0 aromatic heterocycles. The van der Waals surface area contributed by atoms with Crippen LogP contribution < -0.4 is 5.32 Å². The van der Waals surface area contributed by atoms with Crippen LogP contribution in [0.3, 0.4) is 0 Å². The molecule has 5 N–H and O–H groups in total. The third kappa shape index (κ3) is 4.24. The van der Waals surface area contributed by atoms with Crippen LogP contribution in [0.1, 0.15) is 30.0 Å². The normalized spacial score (nSPS) is 19.6. The molecule has 0 spiro atoms. The van der Waals surface area contributed by atoms with Crippen molar-refractivity contribution in [2.24, 2.45) is 0 Å². The van der Waals surface area contributed by atoms with E-state index in [9.17, 15) is 28.7 Å². The molecule has 0 bridgehead atoms. The van der Waals surface area contributed by atoms with Gasteiger partial charge in [0.1, 0.15) is 0 Å². The molecule has 7 nitrogen and oxygen atoms in total. The van der Waals surface area contributed by atoms with Crippen LogP contribution in [0.15, 0.2) is 22.7 Å². The van der Waals surface area contributed by atoms with Gasteiger partial charge in [0.25, 0.3) is 0 Å². The van der Waals surface area contributed by atoms with Gasteiger partial charge in [0.2, 0.25) is 5.52 Å².